The highest BCUT2D eigenvalue weighted by Gasteiger charge is 2.38. The highest BCUT2D eigenvalue weighted by Crippen LogP contribution is 2.34. The lowest BCUT2D eigenvalue weighted by Gasteiger charge is -2.23. The first kappa shape index (κ1) is 15.8. The smallest absolute Gasteiger partial charge is 0.355 e. The Morgan fingerprint density at radius 1 is 1.21 bits per heavy atom. The van der Waals surface area contributed by atoms with Gasteiger partial charge in [-0.3, -0.25) is 4.79 Å². The van der Waals surface area contributed by atoms with Gasteiger partial charge in [0.2, 0.25) is 5.91 Å². The lowest BCUT2D eigenvalue weighted by atomic mass is 9.81. The van der Waals surface area contributed by atoms with Crippen molar-refractivity contribution in [3.8, 4) is 6.07 Å². The molecule has 0 bridgehead atoms. The lowest BCUT2D eigenvalue weighted by molar-refractivity contribution is -0.137. The van der Waals surface area contributed by atoms with Crippen LogP contribution in [-0.2, 0) is 4.79 Å². The minimum Gasteiger partial charge on any atom is -0.355 e. The molecule has 0 spiro atoms. The van der Waals surface area contributed by atoms with Gasteiger partial charge in [0.15, 0.2) is 0 Å². The summed E-state index contributed by atoms with van der Waals surface area (Å²) in [5.74, 6) is -0.404. The minimum atomic E-state index is -4.19. The van der Waals surface area contributed by atoms with E-state index < -0.39 is 23.9 Å². The van der Waals surface area contributed by atoms with Crippen molar-refractivity contribution in [3.05, 3.63) is 0 Å². The van der Waals surface area contributed by atoms with Crippen LogP contribution in [0.5, 0.6) is 0 Å². The van der Waals surface area contributed by atoms with Crippen LogP contribution in [0.1, 0.15) is 51.4 Å². The van der Waals surface area contributed by atoms with Gasteiger partial charge in [-0.1, -0.05) is 25.7 Å². The Kier molecular flexibility index (Phi) is 5.64. The van der Waals surface area contributed by atoms with E-state index in [0.717, 1.165) is 25.7 Å². The van der Waals surface area contributed by atoms with Gasteiger partial charge in [-0.05, 0) is 19.3 Å². The quantitative estimate of drug-likeness (QED) is 0.632. The van der Waals surface area contributed by atoms with E-state index >= 15 is 0 Å². The molecular weight excluding hydrogens is 257 g/mol. The van der Waals surface area contributed by atoms with E-state index in [-0.39, 0.29) is 13.0 Å². The van der Waals surface area contributed by atoms with Gasteiger partial charge in [0, 0.05) is 13.0 Å². The Balaban J connectivity index is 2.44. The van der Waals surface area contributed by atoms with Crippen LogP contribution in [0.25, 0.3) is 0 Å². The second kappa shape index (κ2) is 6.78. The minimum absolute atomic E-state index is 0.0260. The van der Waals surface area contributed by atoms with Gasteiger partial charge in [0.1, 0.15) is 5.41 Å². The molecule has 0 atom stereocenters. The zero-order valence-electron chi connectivity index (χ0n) is 10.9. The molecule has 19 heavy (non-hydrogen) atoms. The molecule has 0 heterocycles. The fraction of sp³-hybridized carbons (Fsp3) is 0.846. The van der Waals surface area contributed by atoms with Crippen molar-refractivity contribution in [1.29, 1.82) is 5.26 Å². The fourth-order valence-corrected chi connectivity index (χ4v) is 2.38. The average molecular weight is 276 g/mol. The number of carbonyl (C=O) groups excluding carboxylic acids is 1. The topological polar surface area (TPSA) is 52.9 Å². The van der Waals surface area contributed by atoms with Crippen LogP contribution in [0, 0.1) is 16.7 Å². The second-order valence-electron chi connectivity index (χ2n) is 5.08. The van der Waals surface area contributed by atoms with Crippen molar-refractivity contribution in [2.24, 2.45) is 5.41 Å². The first-order valence-corrected chi connectivity index (χ1v) is 6.66. The van der Waals surface area contributed by atoms with E-state index in [2.05, 4.69) is 11.4 Å². The molecule has 0 aromatic carbocycles. The van der Waals surface area contributed by atoms with Crippen molar-refractivity contribution in [3.63, 3.8) is 0 Å². The van der Waals surface area contributed by atoms with Crippen LogP contribution >= 0.6 is 0 Å². The molecule has 1 aliphatic rings. The van der Waals surface area contributed by atoms with Crippen LogP contribution in [-0.4, -0.2) is 18.6 Å². The number of amides is 1. The molecule has 0 unspecified atom stereocenters. The summed E-state index contributed by atoms with van der Waals surface area (Å²) in [6.45, 7) is -0.0260. The largest absolute Gasteiger partial charge is 0.389 e. The predicted molar refractivity (Wildman–Crippen MR) is 64.0 cm³/mol. The van der Waals surface area contributed by atoms with E-state index in [1.807, 2.05) is 0 Å². The second-order valence-corrected chi connectivity index (χ2v) is 5.08. The van der Waals surface area contributed by atoms with Crippen molar-refractivity contribution in [2.75, 3.05) is 6.54 Å². The number of halogens is 3. The summed E-state index contributed by atoms with van der Waals surface area (Å²) in [5, 5.41) is 11.7. The summed E-state index contributed by atoms with van der Waals surface area (Å²) in [5.41, 5.74) is -1.03. The normalized spacial score (nSPS) is 19.3. The van der Waals surface area contributed by atoms with E-state index in [0.29, 0.717) is 12.8 Å². The van der Waals surface area contributed by atoms with Gasteiger partial charge in [0.25, 0.3) is 0 Å². The summed E-state index contributed by atoms with van der Waals surface area (Å²) < 4.78 is 35.9. The third kappa shape index (κ3) is 5.09. The SMILES string of the molecule is N#CC1(C(=O)NCCCC(F)(F)F)CCCCCC1. The number of nitrogens with zero attached hydrogens (tertiary/aromatic N) is 1. The van der Waals surface area contributed by atoms with Crippen molar-refractivity contribution in [2.45, 2.75) is 57.5 Å². The van der Waals surface area contributed by atoms with E-state index in [9.17, 15) is 23.2 Å². The summed E-state index contributed by atoms with van der Waals surface area (Å²) in [4.78, 5) is 12.0. The molecule has 108 valence electrons. The maximum absolute atomic E-state index is 12.0. The van der Waals surface area contributed by atoms with Crippen LogP contribution in [0.4, 0.5) is 13.2 Å². The molecule has 0 radical (unpaired) electrons. The number of alkyl halides is 3. The molecule has 0 aromatic rings. The highest BCUT2D eigenvalue weighted by molar-refractivity contribution is 5.85. The molecule has 0 saturated heterocycles. The van der Waals surface area contributed by atoms with Crippen LogP contribution < -0.4 is 5.32 Å². The molecule has 1 fully saturated rings. The average Bonchev–Trinajstić information content (AvgIpc) is 2.59. The standard InChI is InChI=1S/C13H19F3N2O/c14-13(15,16)8-5-9-18-11(19)12(10-17)6-3-1-2-4-7-12/h1-9H2,(H,18,19). The molecule has 1 saturated carbocycles. The summed E-state index contributed by atoms with van der Waals surface area (Å²) >= 11 is 0. The Bertz CT molecular complexity index is 339. The van der Waals surface area contributed by atoms with Gasteiger partial charge < -0.3 is 5.32 Å². The zero-order chi connectivity index (χ0) is 14.4. The van der Waals surface area contributed by atoms with Gasteiger partial charge in [-0.25, -0.2) is 0 Å². The van der Waals surface area contributed by atoms with Gasteiger partial charge in [-0.2, -0.15) is 18.4 Å². The third-order valence-corrected chi connectivity index (χ3v) is 3.53. The van der Waals surface area contributed by atoms with Crippen LogP contribution in [0.15, 0.2) is 0 Å². The Morgan fingerprint density at radius 3 is 2.26 bits per heavy atom. The van der Waals surface area contributed by atoms with E-state index in [1.165, 1.54) is 0 Å². The number of carbonyl (C=O) groups is 1. The lowest BCUT2D eigenvalue weighted by Crippen LogP contribution is -2.40. The molecule has 1 N–H and O–H groups in total. The Labute approximate surface area is 111 Å². The molecule has 1 amide bonds. The summed E-state index contributed by atoms with van der Waals surface area (Å²) in [6, 6.07) is 2.08. The first-order valence-electron chi connectivity index (χ1n) is 6.66. The van der Waals surface area contributed by atoms with Crippen molar-refractivity contribution in [1.82, 2.24) is 5.32 Å². The van der Waals surface area contributed by atoms with Crippen LogP contribution in [0.2, 0.25) is 0 Å². The number of nitrogens with one attached hydrogen (secondary N) is 1. The summed E-state index contributed by atoms with van der Waals surface area (Å²) in [7, 11) is 0. The molecule has 1 aliphatic carbocycles. The zero-order valence-corrected chi connectivity index (χ0v) is 10.9. The van der Waals surface area contributed by atoms with Crippen LogP contribution in [0.3, 0.4) is 0 Å². The molecular formula is C13H19F3N2O. The van der Waals surface area contributed by atoms with Gasteiger partial charge in [0.05, 0.1) is 6.07 Å². The Hall–Kier alpha value is -1.25. The number of nitriles is 1. The molecule has 0 aliphatic heterocycles. The molecule has 1 rings (SSSR count). The molecule has 6 heteroatoms. The summed E-state index contributed by atoms with van der Waals surface area (Å²) in [6.07, 6.45) is -0.574. The van der Waals surface area contributed by atoms with E-state index in [4.69, 9.17) is 0 Å². The molecule has 0 aromatic heterocycles. The van der Waals surface area contributed by atoms with E-state index in [1.54, 1.807) is 0 Å². The number of hydrogen-bond donors (Lipinski definition) is 1. The maximum Gasteiger partial charge on any atom is 0.389 e. The highest BCUT2D eigenvalue weighted by atomic mass is 19.4. The monoisotopic (exact) mass is 276 g/mol. The number of hydrogen-bond acceptors (Lipinski definition) is 2. The maximum atomic E-state index is 12.0. The Morgan fingerprint density at radius 2 is 1.79 bits per heavy atom. The third-order valence-electron chi connectivity index (χ3n) is 3.53. The van der Waals surface area contributed by atoms with Gasteiger partial charge in [-0.15, -0.1) is 0 Å². The van der Waals surface area contributed by atoms with Crippen molar-refractivity contribution < 1.29 is 18.0 Å². The number of rotatable bonds is 4. The fourth-order valence-electron chi connectivity index (χ4n) is 2.38. The van der Waals surface area contributed by atoms with Gasteiger partial charge >= 0.3 is 6.18 Å². The first-order chi connectivity index (χ1) is 8.90. The predicted octanol–water partition coefficient (Wildman–Crippen LogP) is 3.31. The van der Waals surface area contributed by atoms with Crippen molar-refractivity contribution >= 4 is 5.91 Å². The molecule has 3 nitrogen and oxygen atoms in total.